The maximum atomic E-state index is 12.2. The van der Waals surface area contributed by atoms with Crippen LogP contribution in [0.5, 0.6) is 0 Å². The van der Waals surface area contributed by atoms with Gasteiger partial charge in [0.15, 0.2) is 5.17 Å². The molecule has 0 radical (unpaired) electrons. The Kier molecular flexibility index (Phi) is 4.53. The number of aliphatic imine (C=N–C) groups is 1. The molecule has 0 aliphatic carbocycles. The fourth-order valence-electron chi connectivity index (χ4n) is 2.78. The van der Waals surface area contributed by atoms with Gasteiger partial charge >= 0.3 is 0 Å². The van der Waals surface area contributed by atoms with Gasteiger partial charge in [-0.1, -0.05) is 24.8 Å². The van der Waals surface area contributed by atoms with Gasteiger partial charge in [-0.15, -0.1) is 0 Å². The Labute approximate surface area is 145 Å². The topological polar surface area (TPSA) is 93.3 Å². The molecule has 124 valence electrons. The van der Waals surface area contributed by atoms with Crippen molar-refractivity contribution in [2.75, 3.05) is 5.32 Å². The zero-order chi connectivity index (χ0) is 17.2. The quantitative estimate of drug-likeness (QED) is 0.895. The summed E-state index contributed by atoms with van der Waals surface area (Å²) >= 11 is 1.57. The van der Waals surface area contributed by atoms with Crippen LogP contribution in [0.15, 0.2) is 47.7 Å². The number of pyridine rings is 2. The summed E-state index contributed by atoms with van der Waals surface area (Å²) in [6, 6.07) is 8.82. The van der Waals surface area contributed by atoms with Crippen LogP contribution in [-0.4, -0.2) is 26.3 Å². The summed E-state index contributed by atoms with van der Waals surface area (Å²) in [5, 5.41) is 3.78. The molecular formula is C17H19N5OS. The van der Waals surface area contributed by atoms with Gasteiger partial charge in [-0.3, -0.25) is 14.8 Å². The van der Waals surface area contributed by atoms with Gasteiger partial charge in [-0.05, 0) is 37.6 Å². The molecule has 0 fully saturated rings. The van der Waals surface area contributed by atoms with Crippen molar-refractivity contribution in [3.63, 3.8) is 0 Å². The highest BCUT2D eigenvalue weighted by Gasteiger charge is 2.34. The largest absolute Gasteiger partial charge is 0.379 e. The van der Waals surface area contributed by atoms with Gasteiger partial charge in [-0.25, -0.2) is 4.99 Å². The number of hydrogen-bond acceptors (Lipinski definition) is 6. The Balaban J connectivity index is 1.85. The summed E-state index contributed by atoms with van der Waals surface area (Å²) in [6.07, 6.45) is 4.10. The number of amides is 1. The van der Waals surface area contributed by atoms with Crippen molar-refractivity contribution in [1.29, 1.82) is 0 Å². The van der Waals surface area contributed by atoms with Gasteiger partial charge in [0.25, 0.3) is 5.91 Å². The van der Waals surface area contributed by atoms with Crippen molar-refractivity contribution in [3.8, 4) is 0 Å². The third-order valence-electron chi connectivity index (χ3n) is 3.83. The third-order valence-corrected chi connectivity index (χ3v) is 4.73. The fraction of sp³-hybridized carbons (Fsp3) is 0.294. The predicted octanol–water partition coefficient (Wildman–Crippen LogP) is 2.78. The van der Waals surface area contributed by atoms with Gasteiger partial charge in [0.05, 0.1) is 5.69 Å². The van der Waals surface area contributed by atoms with E-state index in [2.05, 4.69) is 27.2 Å². The minimum absolute atomic E-state index is 0.256. The molecule has 1 aliphatic rings. The molecule has 2 atom stereocenters. The molecule has 0 spiro atoms. The zero-order valence-electron chi connectivity index (χ0n) is 13.6. The second-order valence-electron chi connectivity index (χ2n) is 5.96. The predicted molar refractivity (Wildman–Crippen MR) is 97.1 cm³/mol. The SMILES string of the molecule is C[C@@H]1C[C@@](C)(c2cc(NC(=O)c3ccccn3)ccn2)N=C(N)S1. The van der Waals surface area contributed by atoms with Crippen molar-refractivity contribution in [2.24, 2.45) is 10.7 Å². The molecular weight excluding hydrogens is 322 g/mol. The van der Waals surface area contributed by atoms with E-state index >= 15 is 0 Å². The van der Waals surface area contributed by atoms with Crippen molar-refractivity contribution < 1.29 is 4.79 Å². The first-order valence-corrected chi connectivity index (χ1v) is 8.55. The molecule has 3 N–H and O–H groups in total. The Morgan fingerprint density at radius 1 is 1.33 bits per heavy atom. The van der Waals surface area contributed by atoms with Crippen LogP contribution in [0.3, 0.4) is 0 Å². The number of rotatable bonds is 3. The Bertz CT molecular complexity index is 780. The minimum Gasteiger partial charge on any atom is -0.379 e. The third kappa shape index (κ3) is 3.56. The number of hydrogen-bond donors (Lipinski definition) is 2. The lowest BCUT2D eigenvalue weighted by atomic mass is 9.91. The lowest BCUT2D eigenvalue weighted by Gasteiger charge is -2.32. The molecule has 0 saturated carbocycles. The van der Waals surface area contributed by atoms with Gasteiger partial charge in [0.1, 0.15) is 11.2 Å². The maximum absolute atomic E-state index is 12.2. The van der Waals surface area contributed by atoms with E-state index in [0.29, 0.717) is 21.8 Å². The number of amidine groups is 1. The van der Waals surface area contributed by atoms with Crippen LogP contribution in [-0.2, 0) is 5.54 Å². The van der Waals surface area contributed by atoms with Gasteiger partial charge < -0.3 is 11.1 Å². The minimum atomic E-state index is -0.486. The summed E-state index contributed by atoms with van der Waals surface area (Å²) in [7, 11) is 0. The Morgan fingerprint density at radius 2 is 2.17 bits per heavy atom. The van der Waals surface area contributed by atoms with Crippen LogP contribution in [0, 0.1) is 0 Å². The average Bonchev–Trinajstić information content (AvgIpc) is 2.54. The standard InChI is InChI=1S/C17H19N5OS/c1-11-10-17(2,22-16(18)24-11)14-9-12(6-8-20-14)21-15(23)13-5-3-4-7-19-13/h3-9,11H,10H2,1-2H3,(H2,18,22)(H,20,21,23)/t11-,17+/m1/s1. The summed E-state index contributed by atoms with van der Waals surface area (Å²) in [5.41, 5.74) is 7.27. The van der Waals surface area contributed by atoms with Gasteiger partial charge in [0, 0.05) is 23.3 Å². The van der Waals surface area contributed by atoms with Crippen LogP contribution < -0.4 is 11.1 Å². The van der Waals surface area contributed by atoms with E-state index < -0.39 is 5.54 Å². The number of thioether (sulfide) groups is 1. The van der Waals surface area contributed by atoms with E-state index in [-0.39, 0.29) is 5.91 Å². The zero-order valence-corrected chi connectivity index (χ0v) is 14.4. The summed E-state index contributed by atoms with van der Waals surface area (Å²) in [4.78, 5) is 25.3. The van der Waals surface area contributed by atoms with Crippen molar-refractivity contribution >= 4 is 28.5 Å². The van der Waals surface area contributed by atoms with E-state index in [1.807, 2.05) is 13.0 Å². The van der Waals surface area contributed by atoms with Crippen LogP contribution >= 0.6 is 11.8 Å². The molecule has 1 amide bonds. The number of carbonyl (C=O) groups is 1. The van der Waals surface area contributed by atoms with Crippen LogP contribution in [0.1, 0.15) is 36.5 Å². The monoisotopic (exact) mass is 341 g/mol. The Hall–Kier alpha value is -2.41. The van der Waals surface area contributed by atoms with Crippen LogP contribution in [0.25, 0.3) is 0 Å². The van der Waals surface area contributed by atoms with Crippen molar-refractivity contribution in [3.05, 3.63) is 54.1 Å². The van der Waals surface area contributed by atoms with Gasteiger partial charge in [-0.2, -0.15) is 0 Å². The highest BCUT2D eigenvalue weighted by Crippen LogP contribution is 2.38. The summed E-state index contributed by atoms with van der Waals surface area (Å²) < 4.78 is 0. The number of anilines is 1. The van der Waals surface area contributed by atoms with E-state index in [1.165, 1.54) is 0 Å². The maximum Gasteiger partial charge on any atom is 0.274 e. The smallest absolute Gasteiger partial charge is 0.274 e. The fourth-order valence-corrected chi connectivity index (χ4v) is 3.85. The molecule has 2 aromatic rings. The molecule has 7 heteroatoms. The molecule has 3 rings (SSSR count). The number of carbonyl (C=O) groups excluding carboxylic acids is 1. The molecule has 3 heterocycles. The first-order chi connectivity index (χ1) is 11.5. The molecule has 24 heavy (non-hydrogen) atoms. The van der Waals surface area contributed by atoms with E-state index in [9.17, 15) is 4.79 Å². The molecule has 6 nitrogen and oxygen atoms in total. The van der Waals surface area contributed by atoms with Crippen LogP contribution in [0.4, 0.5) is 5.69 Å². The molecule has 0 unspecified atom stereocenters. The Morgan fingerprint density at radius 3 is 2.88 bits per heavy atom. The average molecular weight is 341 g/mol. The van der Waals surface area contributed by atoms with E-state index in [4.69, 9.17) is 5.73 Å². The molecule has 0 bridgehead atoms. The second-order valence-corrected chi connectivity index (χ2v) is 7.41. The number of nitrogens with zero attached hydrogens (tertiary/aromatic N) is 3. The highest BCUT2D eigenvalue weighted by molar-refractivity contribution is 8.14. The van der Waals surface area contributed by atoms with E-state index in [1.54, 1.807) is 48.4 Å². The number of nitrogens with one attached hydrogen (secondary N) is 1. The summed E-state index contributed by atoms with van der Waals surface area (Å²) in [5.74, 6) is -0.256. The number of nitrogens with two attached hydrogens (primary N) is 1. The molecule has 0 saturated heterocycles. The lowest BCUT2D eigenvalue weighted by molar-refractivity contribution is 0.102. The lowest BCUT2D eigenvalue weighted by Crippen LogP contribution is -2.33. The number of aromatic nitrogens is 2. The van der Waals surface area contributed by atoms with Crippen molar-refractivity contribution in [1.82, 2.24) is 9.97 Å². The second kappa shape index (κ2) is 6.60. The highest BCUT2D eigenvalue weighted by atomic mass is 32.2. The molecule has 0 aromatic carbocycles. The van der Waals surface area contributed by atoms with E-state index in [0.717, 1.165) is 12.1 Å². The summed E-state index contributed by atoms with van der Waals surface area (Å²) in [6.45, 7) is 4.14. The first kappa shape index (κ1) is 16.4. The first-order valence-electron chi connectivity index (χ1n) is 7.67. The van der Waals surface area contributed by atoms with Crippen molar-refractivity contribution in [2.45, 2.75) is 31.1 Å². The molecule has 2 aromatic heterocycles. The molecule has 1 aliphatic heterocycles. The van der Waals surface area contributed by atoms with Crippen LogP contribution in [0.2, 0.25) is 0 Å². The normalized spacial score (nSPS) is 23.4. The van der Waals surface area contributed by atoms with Gasteiger partial charge in [0.2, 0.25) is 0 Å².